The lowest BCUT2D eigenvalue weighted by atomic mass is 10.4. The molecule has 2 aromatic heterocycles. The number of halogens is 1. The lowest BCUT2D eigenvalue weighted by Crippen LogP contribution is -2.07. The van der Waals surface area contributed by atoms with Crippen molar-refractivity contribution < 1.29 is 4.74 Å². The maximum Gasteiger partial charge on any atom is 0.322 e. The van der Waals surface area contributed by atoms with E-state index in [1.54, 1.807) is 12.4 Å². The second-order valence-corrected chi connectivity index (χ2v) is 3.84. The molecule has 0 saturated heterocycles. The first-order valence-corrected chi connectivity index (χ1v) is 5.63. The molecule has 0 spiro atoms. The molecule has 0 N–H and O–H groups in total. The Morgan fingerprint density at radius 1 is 1.35 bits per heavy atom. The highest BCUT2D eigenvalue weighted by molar-refractivity contribution is 6.28. The maximum atomic E-state index is 5.80. The minimum absolute atomic E-state index is 0.0919. The van der Waals surface area contributed by atoms with Gasteiger partial charge in [-0.1, -0.05) is 6.92 Å². The molecule has 0 saturated carbocycles. The van der Waals surface area contributed by atoms with E-state index < -0.39 is 0 Å². The Morgan fingerprint density at radius 3 is 2.82 bits per heavy atom. The van der Waals surface area contributed by atoms with Crippen LogP contribution in [0.25, 0.3) is 5.95 Å². The van der Waals surface area contributed by atoms with Gasteiger partial charge in [0.15, 0.2) is 0 Å². The van der Waals surface area contributed by atoms with E-state index in [0.717, 1.165) is 12.0 Å². The fourth-order valence-electron chi connectivity index (χ4n) is 1.20. The molecule has 17 heavy (non-hydrogen) atoms. The lowest BCUT2D eigenvalue weighted by molar-refractivity contribution is 0.290. The summed E-state index contributed by atoms with van der Waals surface area (Å²) in [6, 6.07) is 0.218. The molecular formula is C10H12ClN5O. The molecule has 2 heterocycles. The van der Waals surface area contributed by atoms with E-state index in [1.807, 2.05) is 13.8 Å². The van der Waals surface area contributed by atoms with Crippen molar-refractivity contribution in [3.05, 3.63) is 23.2 Å². The van der Waals surface area contributed by atoms with Gasteiger partial charge in [-0.25, -0.2) is 4.68 Å². The zero-order chi connectivity index (χ0) is 12.3. The highest BCUT2D eigenvalue weighted by Gasteiger charge is 2.08. The topological polar surface area (TPSA) is 65.7 Å². The third kappa shape index (κ3) is 2.91. The number of aromatic nitrogens is 5. The average Bonchev–Trinajstić information content (AvgIpc) is 2.72. The van der Waals surface area contributed by atoms with Gasteiger partial charge in [0.25, 0.3) is 5.95 Å². The van der Waals surface area contributed by atoms with Crippen LogP contribution in [0.2, 0.25) is 5.28 Å². The Balaban J connectivity index is 2.31. The summed E-state index contributed by atoms with van der Waals surface area (Å²) in [4.78, 5) is 12.0. The fraction of sp³-hybridized carbons (Fsp3) is 0.400. The lowest BCUT2D eigenvalue weighted by Gasteiger charge is -2.04. The van der Waals surface area contributed by atoms with Crippen molar-refractivity contribution >= 4 is 11.6 Å². The highest BCUT2D eigenvalue weighted by atomic mass is 35.5. The number of ether oxygens (including phenoxy) is 1. The van der Waals surface area contributed by atoms with E-state index in [-0.39, 0.29) is 11.3 Å². The van der Waals surface area contributed by atoms with Gasteiger partial charge in [-0.05, 0) is 30.5 Å². The number of aryl methyl sites for hydroxylation is 1. The highest BCUT2D eigenvalue weighted by Crippen LogP contribution is 2.11. The summed E-state index contributed by atoms with van der Waals surface area (Å²) in [5.74, 6) is 0.351. The van der Waals surface area contributed by atoms with Crippen molar-refractivity contribution in [2.24, 2.45) is 0 Å². The van der Waals surface area contributed by atoms with E-state index in [1.165, 1.54) is 4.68 Å². The van der Waals surface area contributed by atoms with Gasteiger partial charge in [0.2, 0.25) is 5.28 Å². The minimum atomic E-state index is 0.0919. The average molecular weight is 254 g/mol. The van der Waals surface area contributed by atoms with Crippen LogP contribution in [-0.2, 0) is 0 Å². The number of nitrogens with zero attached hydrogens (tertiary/aromatic N) is 5. The van der Waals surface area contributed by atoms with Crippen LogP contribution in [0.1, 0.15) is 18.9 Å². The van der Waals surface area contributed by atoms with Crippen LogP contribution in [0.3, 0.4) is 0 Å². The van der Waals surface area contributed by atoms with Gasteiger partial charge >= 0.3 is 6.01 Å². The predicted octanol–water partition coefficient (Wildman–Crippen LogP) is 1.81. The molecule has 0 atom stereocenters. The first-order chi connectivity index (χ1) is 8.19. The Hall–Kier alpha value is -1.69. The Bertz CT molecular complexity index is 513. The van der Waals surface area contributed by atoms with E-state index >= 15 is 0 Å². The normalized spacial score (nSPS) is 10.5. The summed E-state index contributed by atoms with van der Waals surface area (Å²) >= 11 is 5.80. The molecule has 0 amide bonds. The molecule has 0 unspecified atom stereocenters. The third-order valence-corrected chi connectivity index (χ3v) is 2.10. The van der Waals surface area contributed by atoms with E-state index in [2.05, 4.69) is 20.1 Å². The maximum absolute atomic E-state index is 5.80. The smallest absolute Gasteiger partial charge is 0.322 e. The first-order valence-electron chi connectivity index (χ1n) is 5.25. The van der Waals surface area contributed by atoms with Crippen LogP contribution in [0.5, 0.6) is 6.01 Å². The van der Waals surface area contributed by atoms with Crippen molar-refractivity contribution in [3.8, 4) is 12.0 Å². The van der Waals surface area contributed by atoms with E-state index in [9.17, 15) is 0 Å². The van der Waals surface area contributed by atoms with Crippen molar-refractivity contribution in [2.75, 3.05) is 6.61 Å². The minimum Gasteiger partial charge on any atom is -0.463 e. The number of hydrogen-bond donors (Lipinski definition) is 0. The monoisotopic (exact) mass is 253 g/mol. The quantitative estimate of drug-likeness (QED) is 0.831. The van der Waals surface area contributed by atoms with Gasteiger partial charge in [0, 0.05) is 6.20 Å². The van der Waals surface area contributed by atoms with Crippen LogP contribution in [0, 0.1) is 6.92 Å². The Kier molecular flexibility index (Phi) is 3.53. The molecular weight excluding hydrogens is 242 g/mol. The molecule has 0 aliphatic heterocycles. The van der Waals surface area contributed by atoms with Crippen molar-refractivity contribution in [3.63, 3.8) is 0 Å². The van der Waals surface area contributed by atoms with Gasteiger partial charge in [-0.3, -0.25) is 0 Å². The van der Waals surface area contributed by atoms with Crippen molar-refractivity contribution in [1.29, 1.82) is 0 Å². The van der Waals surface area contributed by atoms with Gasteiger partial charge in [-0.2, -0.15) is 20.1 Å². The summed E-state index contributed by atoms with van der Waals surface area (Å²) in [5.41, 5.74) is 1.01. The first kappa shape index (κ1) is 11.8. The third-order valence-electron chi connectivity index (χ3n) is 1.93. The summed E-state index contributed by atoms with van der Waals surface area (Å²) in [6.07, 6.45) is 4.39. The second kappa shape index (κ2) is 5.09. The molecule has 0 aliphatic rings. The van der Waals surface area contributed by atoms with Gasteiger partial charge < -0.3 is 4.74 Å². The molecule has 2 rings (SSSR count). The summed E-state index contributed by atoms with van der Waals surface area (Å²) in [5, 5.41) is 4.19. The van der Waals surface area contributed by atoms with Crippen molar-refractivity contribution in [2.45, 2.75) is 20.3 Å². The van der Waals surface area contributed by atoms with Crippen molar-refractivity contribution in [1.82, 2.24) is 24.7 Å². The number of hydrogen-bond acceptors (Lipinski definition) is 5. The molecule has 6 nitrogen and oxygen atoms in total. The molecule has 0 bridgehead atoms. The SMILES string of the molecule is CCCOc1nc(Cl)nc(-n2cc(C)cn2)n1. The van der Waals surface area contributed by atoms with Gasteiger partial charge in [0.05, 0.1) is 12.8 Å². The van der Waals surface area contributed by atoms with Crippen LogP contribution in [-0.4, -0.2) is 31.3 Å². The molecule has 0 radical (unpaired) electrons. The Morgan fingerprint density at radius 2 is 2.18 bits per heavy atom. The predicted molar refractivity (Wildman–Crippen MR) is 62.5 cm³/mol. The van der Waals surface area contributed by atoms with Crippen LogP contribution in [0.15, 0.2) is 12.4 Å². The molecule has 0 aliphatic carbocycles. The standard InChI is InChI=1S/C10H12ClN5O/c1-3-4-17-10-14-8(11)13-9(15-10)16-6-7(2)5-12-16/h5-6H,3-4H2,1-2H3. The summed E-state index contributed by atoms with van der Waals surface area (Å²) < 4.78 is 6.85. The summed E-state index contributed by atoms with van der Waals surface area (Å²) in [7, 11) is 0. The molecule has 0 fully saturated rings. The second-order valence-electron chi connectivity index (χ2n) is 3.50. The fourth-order valence-corrected chi connectivity index (χ4v) is 1.35. The van der Waals surface area contributed by atoms with E-state index in [4.69, 9.17) is 16.3 Å². The molecule has 0 aromatic carbocycles. The molecule has 90 valence electrons. The van der Waals surface area contributed by atoms with Crippen LogP contribution in [0.4, 0.5) is 0 Å². The van der Waals surface area contributed by atoms with Gasteiger partial charge in [0.1, 0.15) is 0 Å². The van der Waals surface area contributed by atoms with Gasteiger partial charge in [-0.15, -0.1) is 0 Å². The largest absolute Gasteiger partial charge is 0.463 e. The number of rotatable bonds is 4. The summed E-state index contributed by atoms with van der Waals surface area (Å²) in [6.45, 7) is 4.47. The van der Waals surface area contributed by atoms with Crippen LogP contribution >= 0.6 is 11.6 Å². The zero-order valence-electron chi connectivity index (χ0n) is 9.59. The van der Waals surface area contributed by atoms with Crippen LogP contribution < -0.4 is 4.74 Å². The van der Waals surface area contributed by atoms with E-state index in [0.29, 0.717) is 12.6 Å². The zero-order valence-corrected chi connectivity index (χ0v) is 10.3. The molecule has 2 aromatic rings. The Labute approximate surface area is 104 Å². The molecule has 7 heteroatoms.